The number of rotatable bonds is 1. The Morgan fingerprint density at radius 1 is 1.73 bits per heavy atom. The van der Waals surface area contributed by atoms with Crippen molar-refractivity contribution >= 4 is 11.8 Å². The van der Waals surface area contributed by atoms with Gasteiger partial charge in [0.25, 0.3) is 0 Å². The maximum absolute atomic E-state index is 10.5. The number of pyridine rings is 1. The number of anilines is 1. The van der Waals surface area contributed by atoms with Crippen molar-refractivity contribution in [1.29, 1.82) is 0 Å². The van der Waals surface area contributed by atoms with Gasteiger partial charge in [0.1, 0.15) is 11.4 Å². The molecule has 1 heterocycles. The van der Waals surface area contributed by atoms with E-state index in [2.05, 4.69) is 4.98 Å². The average molecular weight is 152 g/mol. The number of hydrogen-bond acceptors (Lipinski definition) is 3. The van der Waals surface area contributed by atoms with E-state index in [1.807, 2.05) is 0 Å². The topological polar surface area (TPSA) is 76.2 Å². The minimum Gasteiger partial charge on any atom is -0.478 e. The van der Waals surface area contributed by atoms with E-state index in [4.69, 9.17) is 10.8 Å². The molecule has 0 amide bonds. The van der Waals surface area contributed by atoms with Crippen LogP contribution in [0.1, 0.15) is 15.9 Å². The van der Waals surface area contributed by atoms with Crippen molar-refractivity contribution in [1.82, 2.24) is 4.98 Å². The molecule has 0 atom stereocenters. The van der Waals surface area contributed by atoms with E-state index in [9.17, 15) is 4.79 Å². The number of aromatic carboxylic acids is 1. The van der Waals surface area contributed by atoms with Gasteiger partial charge in [0, 0.05) is 6.20 Å². The molecule has 11 heavy (non-hydrogen) atoms. The molecule has 1 aromatic heterocycles. The van der Waals surface area contributed by atoms with Crippen molar-refractivity contribution in [3.8, 4) is 0 Å². The number of carboxylic acid groups (broad SMARTS) is 1. The molecule has 0 unspecified atom stereocenters. The Bertz CT molecular complexity index is 296. The molecule has 0 fully saturated rings. The first-order valence-corrected chi connectivity index (χ1v) is 3.06. The number of nitrogen functional groups attached to an aromatic ring is 1. The molecule has 0 aliphatic rings. The normalized spacial score (nSPS) is 9.55. The van der Waals surface area contributed by atoms with Crippen LogP contribution in [0.2, 0.25) is 0 Å². The Kier molecular flexibility index (Phi) is 1.76. The minimum absolute atomic E-state index is 0.0584. The molecule has 4 heteroatoms. The Balaban J connectivity index is 3.23. The van der Waals surface area contributed by atoms with Gasteiger partial charge in [0.2, 0.25) is 0 Å². The summed E-state index contributed by atoms with van der Waals surface area (Å²) in [6.07, 6.45) is 1.53. The lowest BCUT2D eigenvalue weighted by Crippen LogP contribution is -2.04. The second kappa shape index (κ2) is 2.57. The van der Waals surface area contributed by atoms with Gasteiger partial charge < -0.3 is 10.8 Å². The first kappa shape index (κ1) is 7.53. The Hall–Kier alpha value is -1.58. The highest BCUT2D eigenvalue weighted by atomic mass is 16.4. The van der Waals surface area contributed by atoms with E-state index in [-0.39, 0.29) is 11.4 Å². The Morgan fingerprint density at radius 3 is 2.82 bits per heavy atom. The average Bonchev–Trinajstić information content (AvgIpc) is 1.94. The summed E-state index contributed by atoms with van der Waals surface area (Å²) >= 11 is 0. The van der Waals surface area contributed by atoms with Crippen LogP contribution in [0.25, 0.3) is 0 Å². The van der Waals surface area contributed by atoms with E-state index in [0.29, 0.717) is 0 Å². The maximum atomic E-state index is 10.5. The summed E-state index contributed by atoms with van der Waals surface area (Å²) in [5, 5.41) is 8.57. The highest BCUT2D eigenvalue weighted by Gasteiger charge is 2.07. The van der Waals surface area contributed by atoms with Crippen molar-refractivity contribution in [3.63, 3.8) is 0 Å². The quantitative estimate of drug-likeness (QED) is 0.620. The number of aryl methyl sites for hydroxylation is 1. The monoisotopic (exact) mass is 152 g/mol. The molecule has 58 valence electrons. The number of hydrogen-bond donors (Lipinski definition) is 2. The van der Waals surface area contributed by atoms with Crippen LogP contribution >= 0.6 is 0 Å². The lowest BCUT2D eigenvalue weighted by atomic mass is 10.2. The van der Waals surface area contributed by atoms with Crippen molar-refractivity contribution < 1.29 is 9.90 Å². The molecule has 0 bridgehead atoms. The predicted molar refractivity (Wildman–Crippen MR) is 40.3 cm³/mol. The van der Waals surface area contributed by atoms with Crippen LogP contribution in [0, 0.1) is 6.92 Å². The standard InChI is InChI=1S/C7H8N2O2/c1-4-2-5(7(10)11)6(8)9-3-4/h2-3H,1H3,(H2,8,9)(H,10,11). The van der Waals surface area contributed by atoms with Gasteiger partial charge in [-0.15, -0.1) is 0 Å². The number of carboxylic acids is 1. The van der Waals surface area contributed by atoms with Gasteiger partial charge in [-0.05, 0) is 18.6 Å². The number of nitrogens with two attached hydrogens (primary N) is 1. The summed E-state index contributed by atoms with van der Waals surface area (Å²) in [5.41, 5.74) is 6.15. The van der Waals surface area contributed by atoms with E-state index in [1.165, 1.54) is 12.3 Å². The fourth-order valence-corrected chi connectivity index (χ4v) is 0.751. The molecule has 0 radical (unpaired) electrons. The summed E-state index contributed by atoms with van der Waals surface area (Å²) in [5.74, 6) is -0.984. The summed E-state index contributed by atoms with van der Waals surface area (Å²) < 4.78 is 0. The van der Waals surface area contributed by atoms with Crippen molar-refractivity contribution in [2.24, 2.45) is 0 Å². The molecular formula is C7H8N2O2. The van der Waals surface area contributed by atoms with Crippen LogP contribution in [0.3, 0.4) is 0 Å². The van der Waals surface area contributed by atoms with Crippen molar-refractivity contribution in [2.75, 3.05) is 5.73 Å². The predicted octanol–water partition coefficient (Wildman–Crippen LogP) is 0.670. The molecule has 0 aliphatic heterocycles. The third kappa shape index (κ3) is 1.46. The van der Waals surface area contributed by atoms with Gasteiger partial charge in [0.15, 0.2) is 0 Å². The Labute approximate surface area is 63.7 Å². The molecule has 0 aliphatic carbocycles. The summed E-state index contributed by atoms with van der Waals surface area (Å²) in [7, 11) is 0. The van der Waals surface area contributed by atoms with Gasteiger partial charge in [-0.1, -0.05) is 0 Å². The SMILES string of the molecule is Cc1cnc(N)c(C(=O)O)c1. The zero-order chi connectivity index (χ0) is 8.43. The Morgan fingerprint density at radius 2 is 2.36 bits per heavy atom. The molecule has 0 saturated carbocycles. The molecule has 0 saturated heterocycles. The molecule has 0 spiro atoms. The number of carbonyl (C=O) groups is 1. The third-order valence-corrected chi connectivity index (χ3v) is 1.29. The molecule has 3 N–H and O–H groups in total. The van der Waals surface area contributed by atoms with Crippen LogP contribution in [-0.4, -0.2) is 16.1 Å². The number of nitrogens with zero attached hydrogens (tertiary/aromatic N) is 1. The lowest BCUT2D eigenvalue weighted by Gasteiger charge is -1.98. The maximum Gasteiger partial charge on any atom is 0.339 e. The number of aromatic nitrogens is 1. The first-order chi connectivity index (χ1) is 5.11. The summed E-state index contributed by atoms with van der Waals surface area (Å²) in [6, 6.07) is 1.49. The van der Waals surface area contributed by atoms with Gasteiger partial charge >= 0.3 is 5.97 Å². The summed E-state index contributed by atoms with van der Waals surface area (Å²) in [6.45, 7) is 1.76. The second-order valence-electron chi connectivity index (χ2n) is 2.25. The fraction of sp³-hybridized carbons (Fsp3) is 0.143. The summed E-state index contributed by atoms with van der Waals surface area (Å²) in [4.78, 5) is 14.2. The van der Waals surface area contributed by atoms with Crippen LogP contribution in [0.4, 0.5) is 5.82 Å². The van der Waals surface area contributed by atoms with Crippen LogP contribution < -0.4 is 5.73 Å². The van der Waals surface area contributed by atoms with Gasteiger partial charge in [0.05, 0.1) is 0 Å². The minimum atomic E-state index is -1.04. The van der Waals surface area contributed by atoms with E-state index in [1.54, 1.807) is 6.92 Å². The van der Waals surface area contributed by atoms with E-state index in [0.717, 1.165) is 5.56 Å². The molecular weight excluding hydrogens is 144 g/mol. The zero-order valence-corrected chi connectivity index (χ0v) is 6.03. The van der Waals surface area contributed by atoms with Crippen LogP contribution in [-0.2, 0) is 0 Å². The molecule has 4 nitrogen and oxygen atoms in total. The van der Waals surface area contributed by atoms with Crippen LogP contribution in [0.5, 0.6) is 0 Å². The smallest absolute Gasteiger partial charge is 0.339 e. The first-order valence-electron chi connectivity index (χ1n) is 3.06. The third-order valence-electron chi connectivity index (χ3n) is 1.29. The van der Waals surface area contributed by atoms with E-state index < -0.39 is 5.97 Å². The molecule has 0 aromatic carbocycles. The van der Waals surface area contributed by atoms with Gasteiger partial charge in [-0.2, -0.15) is 0 Å². The van der Waals surface area contributed by atoms with Crippen molar-refractivity contribution in [3.05, 3.63) is 23.4 Å². The van der Waals surface area contributed by atoms with Gasteiger partial charge in [-0.25, -0.2) is 9.78 Å². The highest BCUT2D eigenvalue weighted by molar-refractivity contribution is 5.92. The largest absolute Gasteiger partial charge is 0.478 e. The van der Waals surface area contributed by atoms with E-state index >= 15 is 0 Å². The fourth-order valence-electron chi connectivity index (χ4n) is 0.751. The highest BCUT2D eigenvalue weighted by Crippen LogP contribution is 2.09. The van der Waals surface area contributed by atoms with Crippen LogP contribution in [0.15, 0.2) is 12.3 Å². The molecule has 1 aromatic rings. The molecule has 1 rings (SSSR count). The zero-order valence-electron chi connectivity index (χ0n) is 6.03. The lowest BCUT2D eigenvalue weighted by molar-refractivity contribution is 0.0697. The van der Waals surface area contributed by atoms with Gasteiger partial charge in [-0.3, -0.25) is 0 Å². The van der Waals surface area contributed by atoms with Crippen molar-refractivity contribution in [2.45, 2.75) is 6.92 Å². The second-order valence-corrected chi connectivity index (χ2v) is 2.25.